The van der Waals surface area contributed by atoms with Crippen LogP contribution in [0.5, 0.6) is 11.5 Å². The average molecular weight is 263 g/mol. The Kier molecular flexibility index (Phi) is 3.29. The third kappa shape index (κ3) is 2.51. The van der Waals surface area contributed by atoms with Gasteiger partial charge in [0.05, 0.1) is 6.10 Å². The Hall–Kier alpha value is -1.75. The summed E-state index contributed by atoms with van der Waals surface area (Å²) in [6.45, 7) is 1.29. The molecule has 0 saturated carbocycles. The number of ether oxygens (including phenoxy) is 2. The van der Waals surface area contributed by atoms with Crippen LogP contribution in [0.4, 0.5) is 0 Å². The summed E-state index contributed by atoms with van der Waals surface area (Å²) in [7, 11) is 0. The minimum Gasteiger partial charge on any atom is -0.485 e. The van der Waals surface area contributed by atoms with Crippen LogP contribution < -0.4 is 9.47 Å². The normalized spacial score (nSPS) is 26.1. The molecular formula is C14H17NO4. The Balaban J connectivity index is 1.69. The number of carbonyl (C=O) groups excluding carboxylic acids is 1. The lowest BCUT2D eigenvalue weighted by atomic mass is 10.1. The second-order valence-electron chi connectivity index (χ2n) is 4.94. The van der Waals surface area contributed by atoms with Gasteiger partial charge in [0.2, 0.25) is 6.10 Å². The van der Waals surface area contributed by atoms with Crippen molar-refractivity contribution in [3.8, 4) is 11.5 Å². The number of piperidine rings is 1. The SMILES string of the molecule is O=C([C@H]1COc2ccccc2O1)N1CCC[C@@H](O)C1. The first-order valence-corrected chi connectivity index (χ1v) is 6.59. The molecule has 5 nitrogen and oxygen atoms in total. The molecule has 1 saturated heterocycles. The zero-order valence-corrected chi connectivity index (χ0v) is 10.6. The molecule has 1 aromatic carbocycles. The van der Waals surface area contributed by atoms with Crippen molar-refractivity contribution in [1.29, 1.82) is 0 Å². The topological polar surface area (TPSA) is 59.0 Å². The molecule has 0 aromatic heterocycles. The van der Waals surface area contributed by atoms with E-state index in [1.165, 1.54) is 0 Å². The number of carbonyl (C=O) groups is 1. The van der Waals surface area contributed by atoms with Gasteiger partial charge >= 0.3 is 0 Å². The Morgan fingerprint density at radius 3 is 2.89 bits per heavy atom. The fourth-order valence-corrected chi connectivity index (χ4v) is 2.50. The molecule has 5 heteroatoms. The number of para-hydroxylation sites is 2. The van der Waals surface area contributed by atoms with Gasteiger partial charge in [-0.3, -0.25) is 4.79 Å². The van der Waals surface area contributed by atoms with Crippen LogP contribution in [0.25, 0.3) is 0 Å². The molecule has 1 aromatic rings. The molecule has 102 valence electrons. The predicted octanol–water partition coefficient (Wildman–Crippen LogP) is 0.810. The van der Waals surface area contributed by atoms with Gasteiger partial charge in [0.25, 0.3) is 5.91 Å². The van der Waals surface area contributed by atoms with Gasteiger partial charge in [-0.2, -0.15) is 0 Å². The largest absolute Gasteiger partial charge is 0.485 e. The molecule has 2 atom stereocenters. The van der Waals surface area contributed by atoms with Gasteiger partial charge in [-0.15, -0.1) is 0 Å². The molecule has 2 aliphatic heterocycles. The maximum Gasteiger partial charge on any atom is 0.267 e. The molecule has 19 heavy (non-hydrogen) atoms. The van der Waals surface area contributed by atoms with E-state index in [1.54, 1.807) is 11.0 Å². The predicted molar refractivity (Wildman–Crippen MR) is 68.2 cm³/mol. The van der Waals surface area contributed by atoms with Gasteiger partial charge in [0.15, 0.2) is 11.5 Å². The first-order valence-electron chi connectivity index (χ1n) is 6.59. The third-order valence-corrected chi connectivity index (χ3v) is 3.49. The lowest BCUT2D eigenvalue weighted by molar-refractivity contribution is -0.144. The Morgan fingerprint density at radius 1 is 1.32 bits per heavy atom. The fourth-order valence-electron chi connectivity index (χ4n) is 2.50. The van der Waals surface area contributed by atoms with Crippen molar-refractivity contribution < 1.29 is 19.4 Å². The van der Waals surface area contributed by atoms with E-state index in [0.29, 0.717) is 24.6 Å². The highest BCUT2D eigenvalue weighted by Crippen LogP contribution is 2.31. The molecular weight excluding hydrogens is 246 g/mol. The van der Waals surface area contributed by atoms with Gasteiger partial charge in [-0.25, -0.2) is 0 Å². The first kappa shape index (κ1) is 12.3. The summed E-state index contributed by atoms with van der Waals surface area (Å²) in [5.41, 5.74) is 0. The van der Waals surface area contributed by atoms with E-state index < -0.39 is 12.2 Å². The second kappa shape index (κ2) is 5.09. The highest BCUT2D eigenvalue weighted by Gasteiger charge is 2.33. The lowest BCUT2D eigenvalue weighted by Gasteiger charge is -2.34. The molecule has 0 bridgehead atoms. The Labute approximate surface area is 111 Å². The van der Waals surface area contributed by atoms with Crippen LogP contribution in [0.2, 0.25) is 0 Å². The van der Waals surface area contributed by atoms with Crippen molar-refractivity contribution in [2.75, 3.05) is 19.7 Å². The highest BCUT2D eigenvalue weighted by atomic mass is 16.6. The monoisotopic (exact) mass is 263 g/mol. The lowest BCUT2D eigenvalue weighted by Crippen LogP contribution is -2.50. The summed E-state index contributed by atoms with van der Waals surface area (Å²) in [4.78, 5) is 14.0. The third-order valence-electron chi connectivity index (χ3n) is 3.49. The van der Waals surface area contributed by atoms with E-state index in [1.807, 2.05) is 18.2 Å². The van der Waals surface area contributed by atoms with E-state index in [0.717, 1.165) is 12.8 Å². The maximum absolute atomic E-state index is 12.3. The van der Waals surface area contributed by atoms with Crippen LogP contribution in [0.1, 0.15) is 12.8 Å². The Bertz CT molecular complexity index is 476. The maximum atomic E-state index is 12.3. The van der Waals surface area contributed by atoms with Crippen LogP contribution in [-0.4, -0.2) is 47.8 Å². The van der Waals surface area contributed by atoms with Crippen molar-refractivity contribution >= 4 is 5.91 Å². The summed E-state index contributed by atoms with van der Waals surface area (Å²) in [5, 5.41) is 9.62. The van der Waals surface area contributed by atoms with Crippen molar-refractivity contribution in [3.63, 3.8) is 0 Å². The number of nitrogens with zero attached hydrogens (tertiary/aromatic N) is 1. The molecule has 3 rings (SSSR count). The number of benzene rings is 1. The van der Waals surface area contributed by atoms with Crippen LogP contribution in [0, 0.1) is 0 Å². The summed E-state index contributed by atoms with van der Waals surface area (Å²) >= 11 is 0. The van der Waals surface area contributed by atoms with E-state index in [4.69, 9.17) is 9.47 Å². The van der Waals surface area contributed by atoms with Crippen LogP contribution in [0.3, 0.4) is 0 Å². The summed E-state index contributed by atoms with van der Waals surface area (Å²) in [5.74, 6) is 1.17. The molecule has 1 N–H and O–H groups in total. The summed E-state index contributed by atoms with van der Waals surface area (Å²) in [6.07, 6.45) is 0.556. The van der Waals surface area contributed by atoms with Crippen LogP contribution in [-0.2, 0) is 4.79 Å². The minimum absolute atomic E-state index is 0.103. The number of aliphatic hydroxyl groups excluding tert-OH is 1. The average Bonchev–Trinajstić information content (AvgIpc) is 2.46. The number of aliphatic hydroxyl groups is 1. The number of amides is 1. The number of rotatable bonds is 1. The summed E-state index contributed by atoms with van der Waals surface area (Å²) in [6, 6.07) is 7.32. The van der Waals surface area contributed by atoms with Gasteiger partial charge in [-0.05, 0) is 25.0 Å². The van der Waals surface area contributed by atoms with Crippen LogP contribution >= 0.6 is 0 Å². The van der Waals surface area contributed by atoms with Gasteiger partial charge in [0, 0.05) is 13.1 Å². The molecule has 1 fully saturated rings. The van der Waals surface area contributed by atoms with Crippen molar-refractivity contribution in [2.24, 2.45) is 0 Å². The first-order chi connectivity index (χ1) is 9.24. The van der Waals surface area contributed by atoms with Crippen molar-refractivity contribution in [2.45, 2.75) is 25.0 Å². The molecule has 1 amide bonds. The van der Waals surface area contributed by atoms with Gasteiger partial charge in [0.1, 0.15) is 6.61 Å². The molecule has 0 aliphatic carbocycles. The van der Waals surface area contributed by atoms with E-state index in [9.17, 15) is 9.90 Å². The molecule has 0 spiro atoms. The quantitative estimate of drug-likeness (QED) is 0.814. The Morgan fingerprint density at radius 2 is 2.11 bits per heavy atom. The standard InChI is InChI=1S/C14H17NO4/c16-10-4-3-7-15(8-10)14(17)13-9-18-11-5-1-2-6-12(11)19-13/h1-2,5-6,10,13,16H,3-4,7-9H2/t10-,13-/m1/s1. The van der Waals surface area contributed by atoms with E-state index in [-0.39, 0.29) is 12.5 Å². The van der Waals surface area contributed by atoms with Crippen molar-refractivity contribution in [1.82, 2.24) is 4.90 Å². The molecule has 0 radical (unpaired) electrons. The number of hydrogen-bond donors (Lipinski definition) is 1. The highest BCUT2D eigenvalue weighted by molar-refractivity contribution is 5.82. The second-order valence-corrected chi connectivity index (χ2v) is 4.94. The van der Waals surface area contributed by atoms with E-state index in [2.05, 4.69) is 0 Å². The number of hydrogen-bond acceptors (Lipinski definition) is 4. The zero-order chi connectivity index (χ0) is 13.2. The summed E-state index contributed by atoms with van der Waals surface area (Å²) < 4.78 is 11.2. The molecule has 2 heterocycles. The fraction of sp³-hybridized carbons (Fsp3) is 0.500. The minimum atomic E-state index is -0.611. The molecule has 2 aliphatic rings. The van der Waals surface area contributed by atoms with E-state index >= 15 is 0 Å². The van der Waals surface area contributed by atoms with Gasteiger partial charge < -0.3 is 19.5 Å². The smallest absolute Gasteiger partial charge is 0.267 e. The van der Waals surface area contributed by atoms with Crippen molar-refractivity contribution in [3.05, 3.63) is 24.3 Å². The molecule has 0 unspecified atom stereocenters. The number of fused-ring (bicyclic) bond motifs is 1. The van der Waals surface area contributed by atoms with Gasteiger partial charge in [-0.1, -0.05) is 12.1 Å². The number of likely N-dealkylation sites (tertiary alicyclic amines) is 1. The number of β-amino-alcohol motifs (C(OH)–C–C–N with tert-alkyl or cyclic N) is 1. The zero-order valence-electron chi connectivity index (χ0n) is 10.6. The van der Waals surface area contributed by atoms with Crippen LogP contribution in [0.15, 0.2) is 24.3 Å².